The normalized spacial score (nSPS) is 17.6. The maximum atomic E-state index is 13.6. The van der Waals surface area contributed by atoms with Crippen molar-refractivity contribution in [2.45, 2.75) is 46.1 Å². The predicted octanol–water partition coefficient (Wildman–Crippen LogP) is 4.34. The van der Waals surface area contributed by atoms with Crippen molar-refractivity contribution in [1.29, 1.82) is 0 Å². The smallest absolute Gasteiger partial charge is 0.256 e. The highest BCUT2D eigenvalue weighted by Gasteiger charge is 2.32. The van der Waals surface area contributed by atoms with Gasteiger partial charge >= 0.3 is 0 Å². The van der Waals surface area contributed by atoms with Gasteiger partial charge in [0.2, 0.25) is 0 Å². The molecule has 0 saturated carbocycles. The molecule has 0 unspecified atom stereocenters. The van der Waals surface area contributed by atoms with E-state index in [9.17, 15) is 14.0 Å². The largest absolute Gasteiger partial charge is 0.355 e. The minimum absolute atomic E-state index is 0.0834. The molecule has 0 radical (unpaired) electrons. The van der Waals surface area contributed by atoms with Gasteiger partial charge in [0.25, 0.3) is 5.91 Å². The molecule has 1 N–H and O–H groups in total. The molecule has 0 spiro atoms. The number of hydrogen-bond acceptors (Lipinski definition) is 2. The number of H-pyrrole nitrogens is 1. The summed E-state index contributed by atoms with van der Waals surface area (Å²) in [5.74, 6) is -0.462. The summed E-state index contributed by atoms with van der Waals surface area (Å²) < 4.78 is 13.6. The van der Waals surface area contributed by atoms with E-state index in [0.29, 0.717) is 29.1 Å². The van der Waals surface area contributed by atoms with Crippen molar-refractivity contribution in [2.24, 2.45) is 0 Å². The molecule has 132 valence electrons. The van der Waals surface area contributed by atoms with Gasteiger partial charge in [0.15, 0.2) is 5.78 Å². The van der Waals surface area contributed by atoms with E-state index in [1.54, 1.807) is 13.0 Å². The summed E-state index contributed by atoms with van der Waals surface area (Å²) in [6.45, 7) is 5.74. The van der Waals surface area contributed by atoms with Crippen molar-refractivity contribution in [3.8, 4) is 0 Å². The second kappa shape index (κ2) is 6.82. The third-order valence-corrected chi connectivity index (χ3v) is 5.00. The maximum Gasteiger partial charge on any atom is 0.256 e. The van der Waals surface area contributed by atoms with Crippen LogP contribution in [0.5, 0.6) is 0 Å². The van der Waals surface area contributed by atoms with Gasteiger partial charge in [0, 0.05) is 19.2 Å². The monoisotopic (exact) mass is 342 g/mol. The predicted molar refractivity (Wildman–Crippen MR) is 94.3 cm³/mol. The third-order valence-electron chi connectivity index (χ3n) is 5.00. The highest BCUT2D eigenvalue weighted by Crippen LogP contribution is 2.33. The number of aromatic amines is 1. The number of likely N-dealkylation sites (tertiary alicyclic amines) is 1. The van der Waals surface area contributed by atoms with Gasteiger partial charge in [-0.25, -0.2) is 4.39 Å². The quantitative estimate of drug-likeness (QED) is 0.844. The van der Waals surface area contributed by atoms with Crippen molar-refractivity contribution < 1.29 is 14.0 Å². The van der Waals surface area contributed by atoms with Gasteiger partial charge in [-0.1, -0.05) is 12.1 Å². The Morgan fingerprint density at radius 1 is 1.24 bits per heavy atom. The van der Waals surface area contributed by atoms with Crippen molar-refractivity contribution in [1.82, 2.24) is 9.88 Å². The lowest BCUT2D eigenvalue weighted by molar-refractivity contribution is 0.0610. The molecule has 2 heterocycles. The molecule has 4 nitrogen and oxygen atoms in total. The Balaban J connectivity index is 1.98. The van der Waals surface area contributed by atoms with Crippen LogP contribution in [0.25, 0.3) is 0 Å². The molecule has 1 amide bonds. The highest BCUT2D eigenvalue weighted by atomic mass is 19.1. The van der Waals surface area contributed by atoms with Crippen LogP contribution in [-0.4, -0.2) is 28.1 Å². The van der Waals surface area contributed by atoms with Crippen molar-refractivity contribution in [3.05, 3.63) is 58.2 Å². The molecular formula is C20H23FN2O2. The molecular weight excluding hydrogens is 319 g/mol. The summed E-state index contributed by atoms with van der Waals surface area (Å²) >= 11 is 0. The second-order valence-corrected chi connectivity index (χ2v) is 6.75. The summed E-state index contributed by atoms with van der Waals surface area (Å²) in [6.07, 6.45) is 2.76. The van der Waals surface area contributed by atoms with Gasteiger partial charge in [-0.3, -0.25) is 9.59 Å². The Hall–Kier alpha value is -2.43. The average molecular weight is 342 g/mol. The van der Waals surface area contributed by atoms with E-state index in [1.165, 1.54) is 19.1 Å². The lowest BCUT2D eigenvalue weighted by Crippen LogP contribution is -2.39. The van der Waals surface area contributed by atoms with E-state index in [4.69, 9.17) is 0 Å². The van der Waals surface area contributed by atoms with Crippen LogP contribution in [-0.2, 0) is 0 Å². The van der Waals surface area contributed by atoms with Crippen molar-refractivity contribution in [2.75, 3.05) is 6.54 Å². The Labute approximate surface area is 147 Å². The fourth-order valence-corrected chi connectivity index (χ4v) is 3.80. The zero-order chi connectivity index (χ0) is 18.1. The molecule has 1 aliphatic rings. The van der Waals surface area contributed by atoms with E-state index in [0.717, 1.165) is 24.8 Å². The number of amides is 1. The number of piperidine rings is 1. The fraction of sp³-hybridized carbons (Fsp3) is 0.400. The fourth-order valence-electron chi connectivity index (χ4n) is 3.80. The van der Waals surface area contributed by atoms with Crippen LogP contribution in [0.4, 0.5) is 4.39 Å². The zero-order valence-corrected chi connectivity index (χ0v) is 14.9. The molecule has 2 aromatic rings. The molecule has 25 heavy (non-hydrogen) atoms. The van der Waals surface area contributed by atoms with Crippen molar-refractivity contribution >= 4 is 11.7 Å². The Bertz CT molecular complexity index is 825. The number of benzene rings is 1. The van der Waals surface area contributed by atoms with E-state index in [1.807, 2.05) is 17.9 Å². The van der Waals surface area contributed by atoms with Gasteiger partial charge < -0.3 is 9.88 Å². The molecule has 1 fully saturated rings. The third kappa shape index (κ3) is 3.23. The molecule has 1 atom stereocenters. The molecule has 3 rings (SSSR count). The van der Waals surface area contributed by atoms with Gasteiger partial charge in [-0.15, -0.1) is 0 Å². The first-order chi connectivity index (χ1) is 11.9. The maximum absolute atomic E-state index is 13.6. The van der Waals surface area contributed by atoms with E-state index in [-0.39, 0.29) is 23.5 Å². The average Bonchev–Trinajstić information content (AvgIpc) is 2.89. The number of carbonyl (C=O) groups is 2. The first-order valence-corrected chi connectivity index (χ1v) is 8.66. The summed E-state index contributed by atoms with van der Waals surface area (Å²) in [4.78, 5) is 29.9. The Morgan fingerprint density at radius 2 is 2.00 bits per heavy atom. The van der Waals surface area contributed by atoms with E-state index < -0.39 is 0 Å². The number of nitrogens with one attached hydrogen (secondary N) is 1. The lowest BCUT2D eigenvalue weighted by Gasteiger charge is -2.36. The summed E-state index contributed by atoms with van der Waals surface area (Å²) in [5, 5.41) is 0. The number of Topliss-reactive ketones (excluding diaryl/α,β-unsaturated/α-hetero) is 1. The first-order valence-electron chi connectivity index (χ1n) is 8.66. The van der Waals surface area contributed by atoms with Gasteiger partial charge in [-0.2, -0.15) is 0 Å². The summed E-state index contributed by atoms with van der Waals surface area (Å²) in [6, 6.07) is 6.35. The van der Waals surface area contributed by atoms with Crippen LogP contribution in [0.3, 0.4) is 0 Å². The minimum atomic E-state index is -0.289. The minimum Gasteiger partial charge on any atom is -0.355 e. The molecule has 5 heteroatoms. The molecule has 1 aromatic carbocycles. The molecule has 1 aliphatic heterocycles. The van der Waals surface area contributed by atoms with Crippen LogP contribution in [0, 0.1) is 19.7 Å². The van der Waals surface area contributed by atoms with Crippen molar-refractivity contribution in [3.63, 3.8) is 0 Å². The Kier molecular flexibility index (Phi) is 4.75. The molecule has 0 aliphatic carbocycles. The Morgan fingerprint density at radius 3 is 2.64 bits per heavy atom. The van der Waals surface area contributed by atoms with Gasteiger partial charge in [0.05, 0.1) is 17.3 Å². The van der Waals surface area contributed by atoms with E-state index >= 15 is 0 Å². The van der Waals surface area contributed by atoms with Gasteiger partial charge in [-0.05, 0) is 56.4 Å². The van der Waals surface area contributed by atoms with Crippen LogP contribution < -0.4 is 0 Å². The summed E-state index contributed by atoms with van der Waals surface area (Å²) in [7, 11) is 0. The van der Waals surface area contributed by atoms with Crippen LogP contribution >= 0.6 is 0 Å². The van der Waals surface area contributed by atoms with Crippen LogP contribution in [0.15, 0.2) is 24.3 Å². The second-order valence-electron chi connectivity index (χ2n) is 6.75. The number of ketones is 1. The SMILES string of the molecule is CC(=O)c1[nH]c(C)c(C(=O)N2CCCC[C@H]2c2cccc(F)c2)c1C. The highest BCUT2D eigenvalue weighted by molar-refractivity contribution is 6.02. The number of aryl methyl sites for hydroxylation is 1. The zero-order valence-electron chi connectivity index (χ0n) is 14.9. The van der Waals surface area contributed by atoms with Crippen LogP contribution in [0.1, 0.15) is 69.9 Å². The number of nitrogens with zero attached hydrogens (tertiary/aromatic N) is 1. The number of carbonyl (C=O) groups excluding carboxylic acids is 2. The van der Waals surface area contributed by atoms with Crippen LogP contribution in [0.2, 0.25) is 0 Å². The number of hydrogen-bond donors (Lipinski definition) is 1. The molecule has 1 aromatic heterocycles. The molecule has 0 bridgehead atoms. The topological polar surface area (TPSA) is 53.2 Å². The number of halogens is 1. The molecule has 1 saturated heterocycles. The number of aromatic nitrogens is 1. The standard InChI is InChI=1S/C20H23FN2O2/c1-12-18(13(2)22-19(12)14(3)24)20(25)23-10-5-4-9-17(23)15-7-6-8-16(21)11-15/h6-8,11,17,22H,4-5,9-10H2,1-3H3/t17-/m0/s1. The first kappa shape index (κ1) is 17.4. The number of rotatable bonds is 3. The van der Waals surface area contributed by atoms with E-state index in [2.05, 4.69) is 4.98 Å². The summed E-state index contributed by atoms with van der Waals surface area (Å²) in [5.41, 5.74) is 3.27. The van der Waals surface area contributed by atoms with Gasteiger partial charge in [0.1, 0.15) is 5.82 Å². The lowest BCUT2D eigenvalue weighted by atomic mass is 9.94.